The van der Waals surface area contributed by atoms with E-state index in [0.717, 1.165) is 16.2 Å². The number of benzene rings is 2. The second-order valence-electron chi connectivity index (χ2n) is 5.82. The third kappa shape index (κ3) is 6.38. The van der Waals surface area contributed by atoms with Gasteiger partial charge in [-0.3, -0.25) is 14.9 Å². The lowest BCUT2D eigenvalue weighted by Crippen LogP contribution is -2.24. The van der Waals surface area contributed by atoms with Gasteiger partial charge in [0, 0.05) is 16.6 Å². The molecule has 1 amide bonds. The number of aromatic nitrogens is 1. The van der Waals surface area contributed by atoms with E-state index < -0.39 is 10.8 Å². The molecule has 0 aliphatic heterocycles. The van der Waals surface area contributed by atoms with Crippen molar-refractivity contribution >= 4 is 33.7 Å². The quantitative estimate of drug-likeness (QED) is 0.301. The standard InChI is InChI=1S/C20H15BrN4O5/c21-15-3-8-17(9-4-15)29-13-19(26)24-23-11-14-1-6-18(7-2-14)30-20-10-5-16(12-22-20)25(27)28/h1-12H,13H2,(H,24,26). The molecule has 0 fully saturated rings. The van der Waals surface area contributed by atoms with E-state index in [1.807, 2.05) is 12.1 Å². The number of carbonyl (C=O) groups excluding carboxylic acids is 1. The van der Waals surface area contributed by atoms with E-state index in [0.29, 0.717) is 11.5 Å². The van der Waals surface area contributed by atoms with Crippen LogP contribution in [0.3, 0.4) is 0 Å². The van der Waals surface area contributed by atoms with Crippen LogP contribution in [0.15, 0.2) is 76.4 Å². The topological polar surface area (TPSA) is 116 Å². The number of nitrogens with zero attached hydrogens (tertiary/aromatic N) is 3. The molecule has 0 atom stereocenters. The molecule has 0 bridgehead atoms. The Morgan fingerprint density at radius 2 is 1.80 bits per heavy atom. The lowest BCUT2D eigenvalue weighted by molar-refractivity contribution is -0.385. The number of nitrogens with one attached hydrogen (secondary N) is 1. The largest absolute Gasteiger partial charge is 0.484 e. The number of rotatable bonds is 8. The Bertz CT molecular complexity index is 1040. The molecule has 9 nitrogen and oxygen atoms in total. The Morgan fingerprint density at radius 3 is 2.43 bits per heavy atom. The molecule has 3 rings (SSSR count). The van der Waals surface area contributed by atoms with Crippen LogP contribution in [0, 0.1) is 10.1 Å². The van der Waals surface area contributed by atoms with E-state index in [1.165, 1.54) is 18.3 Å². The first-order valence-electron chi connectivity index (χ1n) is 8.58. The maximum absolute atomic E-state index is 11.8. The van der Waals surface area contributed by atoms with Crippen molar-refractivity contribution < 1.29 is 19.2 Å². The number of hydrogen-bond acceptors (Lipinski definition) is 7. The average molecular weight is 471 g/mol. The molecule has 1 N–H and O–H groups in total. The van der Waals surface area contributed by atoms with Crippen LogP contribution in [0.25, 0.3) is 0 Å². The van der Waals surface area contributed by atoms with Crippen LogP contribution in [0.2, 0.25) is 0 Å². The molecule has 0 aliphatic rings. The van der Waals surface area contributed by atoms with Crippen molar-refractivity contribution in [2.45, 2.75) is 0 Å². The molecule has 0 spiro atoms. The summed E-state index contributed by atoms with van der Waals surface area (Å²) in [6.07, 6.45) is 2.60. The van der Waals surface area contributed by atoms with Gasteiger partial charge >= 0.3 is 0 Å². The number of nitro groups is 1. The van der Waals surface area contributed by atoms with E-state index in [-0.39, 0.29) is 18.2 Å². The fourth-order valence-electron chi connectivity index (χ4n) is 2.17. The molecule has 1 heterocycles. The second kappa shape index (κ2) is 10.1. The minimum atomic E-state index is -0.531. The lowest BCUT2D eigenvalue weighted by Gasteiger charge is -2.05. The van der Waals surface area contributed by atoms with Gasteiger partial charge < -0.3 is 9.47 Å². The van der Waals surface area contributed by atoms with Gasteiger partial charge in [-0.1, -0.05) is 15.9 Å². The van der Waals surface area contributed by atoms with Crippen LogP contribution >= 0.6 is 15.9 Å². The molecule has 2 aromatic carbocycles. The van der Waals surface area contributed by atoms with Crippen LogP contribution in [0.1, 0.15) is 5.56 Å². The SMILES string of the molecule is O=C(COc1ccc(Br)cc1)NN=Cc1ccc(Oc2ccc([N+](=O)[O-])cn2)cc1. The number of pyridine rings is 1. The molecule has 0 saturated heterocycles. The van der Waals surface area contributed by atoms with Gasteiger partial charge in [-0.2, -0.15) is 5.10 Å². The summed E-state index contributed by atoms with van der Waals surface area (Å²) >= 11 is 3.32. The maximum atomic E-state index is 11.8. The third-order valence-corrected chi connectivity index (χ3v) is 4.15. The zero-order valence-corrected chi connectivity index (χ0v) is 17.0. The zero-order chi connectivity index (χ0) is 21.3. The van der Waals surface area contributed by atoms with Gasteiger partial charge in [0.2, 0.25) is 5.88 Å². The van der Waals surface area contributed by atoms with Gasteiger partial charge in [0.25, 0.3) is 11.6 Å². The summed E-state index contributed by atoms with van der Waals surface area (Å²) in [6, 6.07) is 16.7. The number of ether oxygens (including phenoxy) is 2. The van der Waals surface area contributed by atoms with Crippen LogP contribution in [-0.2, 0) is 4.79 Å². The van der Waals surface area contributed by atoms with E-state index in [9.17, 15) is 14.9 Å². The first kappa shape index (κ1) is 20.9. The predicted molar refractivity (Wildman–Crippen MR) is 113 cm³/mol. The Morgan fingerprint density at radius 1 is 1.10 bits per heavy atom. The summed E-state index contributed by atoms with van der Waals surface area (Å²) in [6.45, 7) is -0.159. The van der Waals surface area contributed by atoms with Crippen LogP contribution in [0.5, 0.6) is 17.4 Å². The Hall–Kier alpha value is -3.79. The summed E-state index contributed by atoms with van der Waals surface area (Å²) in [5.74, 6) is 0.925. The average Bonchev–Trinajstić information content (AvgIpc) is 2.75. The molecular formula is C20H15BrN4O5. The van der Waals surface area contributed by atoms with Crippen molar-refractivity contribution in [2.24, 2.45) is 5.10 Å². The summed E-state index contributed by atoms with van der Waals surface area (Å²) in [4.78, 5) is 25.7. The smallest absolute Gasteiger partial charge is 0.287 e. The number of hydrogen-bond donors (Lipinski definition) is 1. The highest BCUT2D eigenvalue weighted by Crippen LogP contribution is 2.21. The lowest BCUT2D eigenvalue weighted by atomic mass is 10.2. The van der Waals surface area contributed by atoms with Gasteiger partial charge in [0.1, 0.15) is 17.7 Å². The molecule has 0 radical (unpaired) electrons. The first-order valence-corrected chi connectivity index (χ1v) is 9.37. The van der Waals surface area contributed by atoms with Crippen molar-refractivity contribution in [3.05, 3.63) is 87.0 Å². The molecule has 3 aromatic rings. The van der Waals surface area contributed by atoms with E-state index >= 15 is 0 Å². The molecule has 152 valence electrons. The highest BCUT2D eigenvalue weighted by Gasteiger charge is 2.06. The summed E-state index contributed by atoms with van der Waals surface area (Å²) < 4.78 is 11.8. The zero-order valence-electron chi connectivity index (χ0n) is 15.4. The van der Waals surface area contributed by atoms with Crippen molar-refractivity contribution in [2.75, 3.05) is 6.61 Å². The van der Waals surface area contributed by atoms with Gasteiger partial charge in [0.15, 0.2) is 6.61 Å². The van der Waals surface area contributed by atoms with Gasteiger partial charge in [-0.25, -0.2) is 10.4 Å². The van der Waals surface area contributed by atoms with Crippen LogP contribution < -0.4 is 14.9 Å². The molecule has 30 heavy (non-hydrogen) atoms. The minimum Gasteiger partial charge on any atom is -0.484 e. The Balaban J connectivity index is 1.46. The van der Waals surface area contributed by atoms with Crippen molar-refractivity contribution in [3.8, 4) is 17.4 Å². The van der Waals surface area contributed by atoms with Gasteiger partial charge in [0.05, 0.1) is 11.1 Å². The highest BCUT2D eigenvalue weighted by atomic mass is 79.9. The Labute approximate surface area is 179 Å². The van der Waals surface area contributed by atoms with Crippen molar-refractivity contribution in [1.82, 2.24) is 10.4 Å². The molecule has 0 aliphatic carbocycles. The second-order valence-corrected chi connectivity index (χ2v) is 6.73. The van der Waals surface area contributed by atoms with Crippen molar-refractivity contribution in [1.29, 1.82) is 0 Å². The van der Waals surface area contributed by atoms with Gasteiger partial charge in [-0.05, 0) is 54.1 Å². The Kier molecular flexibility index (Phi) is 7.06. The summed E-state index contributed by atoms with van der Waals surface area (Å²) in [7, 11) is 0. The molecular weight excluding hydrogens is 456 g/mol. The van der Waals surface area contributed by atoms with Crippen LogP contribution in [-0.4, -0.2) is 28.6 Å². The van der Waals surface area contributed by atoms with Gasteiger partial charge in [-0.15, -0.1) is 0 Å². The summed E-state index contributed by atoms with van der Waals surface area (Å²) in [5.41, 5.74) is 3.00. The minimum absolute atomic E-state index is 0.113. The maximum Gasteiger partial charge on any atom is 0.287 e. The van der Waals surface area contributed by atoms with Crippen molar-refractivity contribution in [3.63, 3.8) is 0 Å². The first-order chi connectivity index (χ1) is 14.5. The molecule has 10 heteroatoms. The third-order valence-electron chi connectivity index (χ3n) is 3.62. The number of amides is 1. The molecule has 0 saturated carbocycles. The van der Waals surface area contributed by atoms with E-state index in [4.69, 9.17) is 9.47 Å². The monoisotopic (exact) mass is 470 g/mol. The number of carbonyl (C=O) groups is 1. The van der Waals surface area contributed by atoms with E-state index in [1.54, 1.807) is 36.4 Å². The number of halogens is 1. The molecule has 0 unspecified atom stereocenters. The van der Waals surface area contributed by atoms with Crippen LogP contribution in [0.4, 0.5) is 5.69 Å². The fourth-order valence-corrected chi connectivity index (χ4v) is 2.44. The highest BCUT2D eigenvalue weighted by molar-refractivity contribution is 9.10. The number of hydrazone groups is 1. The predicted octanol–water partition coefficient (Wildman–Crippen LogP) is 4.07. The summed E-state index contributed by atoms with van der Waals surface area (Å²) in [5, 5.41) is 14.5. The molecule has 1 aromatic heterocycles. The normalized spacial score (nSPS) is 10.6. The fraction of sp³-hybridized carbons (Fsp3) is 0.0500. The van der Waals surface area contributed by atoms with E-state index in [2.05, 4.69) is 31.4 Å².